The van der Waals surface area contributed by atoms with Crippen molar-refractivity contribution in [3.63, 3.8) is 0 Å². The lowest BCUT2D eigenvalue weighted by molar-refractivity contribution is 0.462. The summed E-state index contributed by atoms with van der Waals surface area (Å²) in [6.45, 7) is 1.01. The van der Waals surface area contributed by atoms with Gasteiger partial charge in [0.05, 0.1) is 0 Å². The molecule has 1 aromatic carbocycles. The summed E-state index contributed by atoms with van der Waals surface area (Å²) in [4.78, 5) is 5.08. The summed E-state index contributed by atoms with van der Waals surface area (Å²) in [6, 6.07) is 8.43. The van der Waals surface area contributed by atoms with Crippen LogP contribution >= 0.6 is 0 Å². The van der Waals surface area contributed by atoms with Crippen LogP contribution in [-0.2, 0) is 13.0 Å². The van der Waals surface area contributed by atoms with Crippen molar-refractivity contribution in [1.82, 2.24) is 4.98 Å². The highest BCUT2D eigenvalue weighted by molar-refractivity contribution is 5.43. The molecule has 0 aliphatic carbocycles. The molecule has 5 heteroatoms. The van der Waals surface area contributed by atoms with E-state index < -0.39 is 17.6 Å². The average molecular weight is 278 g/mol. The number of aryl methyl sites for hydroxylation is 1. The molecule has 0 amide bonds. The van der Waals surface area contributed by atoms with E-state index in [2.05, 4.69) is 4.98 Å². The minimum atomic E-state index is -1.26. The predicted octanol–water partition coefficient (Wildman–Crippen LogP) is 3.45. The van der Waals surface area contributed by atoms with Crippen molar-refractivity contribution in [3.8, 4) is 0 Å². The number of aromatic nitrogens is 1. The Bertz CT molecular complexity index is 643. The van der Waals surface area contributed by atoms with Gasteiger partial charge in [-0.15, -0.1) is 0 Å². The minimum Gasteiger partial charge on any atom is -0.350 e. The maximum atomic E-state index is 13.8. The van der Waals surface area contributed by atoms with Crippen molar-refractivity contribution in [2.24, 2.45) is 0 Å². The number of hydrogen-bond donors (Lipinski definition) is 0. The van der Waals surface area contributed by atoms with Gasteiger partial charge in [-0.3, -0.25) is 0 Å². The zero-order valence-corrected chi connectivity index (χ0v) is 10.7. The molecular formula is C15H13F3N2. The Morgan fingerprint density at radius 2 is 1.75 bits per heavy atom. The SMILES string of the molecule is Fc1cc(F)c(N2CCCc3ccccc3C2)nc1F. The van der Waals surface area contributed by atoms with Crippen molar-refractivity contribution < 1.29 is 13.2 Å². The average Bonchev–Trinajstić information content (AvgIpc) is 2.65. The third kappa shape index (κ3) is 2.35. The zero-order valence-electron chi connectivity index (χ0n) is 10.7. The lowest BCUT2D eigenvalue weighted by atomic mass is 10.0. The van der Waals surface area contributed by atoms with Gasteiger partial charge < -0.3 is 4.90 Å². The molecule has 0 bridgehead atoms. The number of pyridine rings is 1. The molecule has 0 fully saturated rings. The number of fused-ring (bicyclic) bond motifs is 1. The third-order valence-electron chi connectivity index (χ3n) is 3.52. The topological polar surface area (TPSA) is 16.1 Å². The Morgan fingerprint density at radius 3 is 2.55 bits per heavy atom. The molecule has 0 spiro atoms. The fourth-order valence-corrected chi connectivity index (χ4v) is 2.54. The van der Waals surface area contributed by atoms with Crippen LogP contribution < -0.4 is 4.90 Å². The highest BCUT2D eigenvalue weighted by Gasteiger charge is 2.20. The first kappa shape index (κ1) is 13.0. The molecule has 2 aromatic rings. The van der Waals surface area contributed by atoms with E-state index in [-0.39, 0.29) is 5.82 Å². The summed E-state index contributed by atoms with van der Waals surface area (Å²) in [7, 11) is 0. The maximum absolute atomic E-state index is 13.8. The molecule has 0 unspecified atom stereocenters. The highest BCUT2D eigenvalue weighted by atomic mass is 19.2. The molecule has 0 radical (unpaired) electrons. The normalized spacial score (nSPS) is 14.8. The maximum Gasteiger partial charge on any atom is 0.251 e. The van der Waals surface area contributed by atoms with Crippen molar-refractivity contribution in [3.05, 3.63) is 59.0 Å². The quantitative estimate of drug-likeness (QED) is 0.743. The van der Waals surface area contributed by atoms with Crippen molar-refractivity contribution in [2.45, 2.75) is 19.4 Å². The smallest absolute Gasteiger partial charge is 0.251 e. The monoisotopic (exact) mass is 278 g/mol. The Morgan fingerprint density at radius 1 is 1.00 bits per heavy atom. The first-order valence-corrected chi connectivity index (χ1v) is 6.48. The van der Waals surface area contributed by atoms with Gasteiger partial charge in [-0.2, -0.15) is 9.37 Å². The van der Waals surface area contributed by atoms with Gasteiger partial charge in [0, 0.05) is 19.2 Å². The van der Waals surface area contributed by atoms with Crippen LogP contribution in [0, 0.1) is 17.6 Å². The standard InChI is InChI=1S/C15H13F3N2/c16-12-8-13(17)15(19-14(12)18)20-7-3-6-10-4-1-2-5-11(10)9-20/h1-2,4-5,8H,3,6-7,9H2. The zero-order chi connectivity index (χ0) is 14.1. The molecule has 1 aliphatic rings. The van der Waals surface area contributed by atoms with Crippen LogP contribution in [0.3, 0.4) is 0 Å². The van der Waals surface area contributed by atoms with E-state index in [1.807, 2.05) is 24.3 Å². The number of hydrogen-bond acceptors (Lipinski definition) is 2. The first-order valence-electron chi connectivity index (χ1n) is 6.48. The Labute approximate surface area is 114 Å². The Kier molecular flexibility index (Phi) is 3.34. The summed E-state index contributed by atoms with van der Waals surface area (Å²) in [5, 5.41) is 0. The molecule has 20 heavy (non-hydrogen) atoms. The van der Waals surface area contributed by atoms with E-state index in [1.165, 1.54) is 5.56 Å². The molecule has 1 aromatic heterocycles. The van der Waals surface area contributed by atoms with E-state index >= 15 is 0 Å². The predicted molar refractivity (Wildman–Crippen MR) is 69.9 cm³/mol. The van der Waals surface area contributed by atoms with E-state index in [9.17, 15) is 13.2 Å². The Balaban J connectivity index is 1.97. The number of anilines is 1. The Hall–Kier alpha value is -2.04. The van der Waals surface area contributed by atoms with Gasteiger partial charge in [-0.05, 0) is 24.0 Å². The van der Waals surface area contributed by atoms with E-state index in [4.69, 9.17) is 0 Å². The first-order chi connectivity index (χ1) is 9.65. The van der Waals surface area contributed by atoms with Crippen molar-refractivity contribution in [2.75, 3.05) is 11.4 Å². The molecule has 0 atom stereocenters. The molecule has 0 N–H and O–H groups in total. The van der Waals surface area contributed by atoms with Gasteiger partial charge in [0.25, 0.3) is 5.95 Å². The number of nitrogens with zero attached hydrogens (tertiary/aromatic N) is 2. The summed E-state index contributed by atoms with van der Waals surface area (Å²) in [6.07, 6.45) is 1.70. The summed E-state index contributed by atoms with van der Waals surface area (Å²) in [5.74, 6) is -3.48. The molecule has 0 saturated carbocycles. The highest BCUT2D eigenvalue weighted by Crippen LogP contribution is 2.25. The minimum absolute atomic E-state index is 0.124. The summed E-state index contributed by atoms with van der Waals surface area (Å²) < 4.78 is 40.0. The van der Waals surface area contributed by atoms with Crippen LogP contribution in [0.2, 0.25) is 0 Å². The van der Waals surface area contributed by atoms with E-state index in [1.54, 1.807) is 4.90 Å². The van der Waals surface area contributed by atoms with Crippen LogP contribution in [-0.4, -0.2) is 11.5 Å². The molecular weight excluding hydrogens is 265 g/mol. The number of benzene rings is 1. The summed E-state index contributed by atoms with van der Waals surface area (Å²) >= 11 is 0. The lowest BCUT2D eigenvalue weighted by Crippen LogP contribution is -2.25. The number of halogens is 3. The van der Waals surface area contributed by atoms with Crippen LogP contribution in [0.4, 0.5) is 19.0 Å². The van der Waals surface area contributed by atoms with Gasteiger partial charge in [0.2, 0.25) is 0 Å². The van der Waals surface area contributed by atoms with Gasteiger partial charge in [0.15, 0.2) is 17.5 Å². The molecule has 0 saturated heterocycles. The number of rotatable bonds is 1. The molecule has 104 valence electrons. The fourth-order valence-electron chi connectivity index (χ4n) is 2.54. The fraction of sp³-hybridized carbons (Fsp3) is 0.267. The van der Waals surface area contributed by atoms with Crippen LogP contribution in [0.1, 0.15) is 17.5 Å². The largest absolute Gasteiger partial charge is 0.350 e. The lowest BCUT2D eigenvalue weighted by Gasteiger charge is -2.22. The van der Waals surface area contributed by atoms with Gasteiger partial charge in [-0.1, -0.05) is 24.3 Å². The molecule has 1 aliphatic heterocycles. The molecule has 2 heterocycles. The van der Waals surface area contributed by atoms with Crippen molar-refractivity contribution >= 4 is 5.82 Å². The van der Waals surface area contributed by atoms with Crippen LogP contribution in [0.15, 0.2) is 30.3 Å². The second kappa shape index (κ2) is 5.15. The van der Waals surface area contributed by atoms with Gasteiger partial charge in [-0.25, -0.2) is 8.78 Å². The second-order valence-corrected chi connectivity index (χ2v) is 4.86. The summed E-state index contributed by atoms with van der Waals surface area (Å²) in [5.41, 5.74) is 2.27. The van der Waals surface area contributed by atoms with Crippen LogP contribution in [0.25, 0.3) is 0 Å². The van der Waals surface area contributed by atoms with Gasteiger partial charge >= 0.3 is 0 Å². The van der Waals surface area contributed by atoms with Gasteiger partial charge in [0.1, 0.15) is 0 Å². The van der Waals surface area contributed by atoms with E-state index in [0.29, 0.717) is 19.2 Å². The molecule has 2 nitrogen and oxygen atoms in total. The van der Waals surface area contributed by atoms with Crippen molar-refractivity contribution in [1.29, 1.82) is 0 Å². The van der Waals surface area contributed by atoms with Crippen LogP contribution in [0.5, 0.6) is 0 Å². The second-order valence-electron chi connectivity index (χ2n) is 4.86. The van der Waals surface area contributed by atoms with E-state index in [0.717, 1.165) is 18.4 Å². The third-order valence-corrected chi connectivity index (χ3v) is 3.52. The molecule has 3 rings (SSSR count).